The van der Waals surface area contributed by atoms with Gasteiger partial charge in [-0.15, -0.1) is 11.3 Å². The van der Waals surface area contributed by atoms with Gasteiger partial charge in [-0.1, -0.05) is 12.1 Å². The first kappa shape index (κ1) is 11.9. The predicted octanol–water partition coefficient (Wildman–Crippen LogP) is 3.06. The largest absolute Gasteiger partial charge is 0.481 e. The monoisotopic (exact) mass is 271 g/mol. The minimum atomic E-state index is 0.635. The van der Waals surface area contributed by atoms with Crippen LogP contribution in [0, 0.1) is 0 Å². The molecule has 0 aliphatic rings. The third-order valence-corrected chi connectivity index (χ3v) is 3.65. The zero-order valence-corrected chi connectivity index (χ0v) is 11.3. The summed E-state index contributed by atoms with van der Waals surface area (Å²) in [6.07, 6.45) is 3.78. The first-order valence-corrected chi connectivity index (χ1v) is 6.80. The number of aromatic nitrogens is 3. The first-order chi connectivity index (χ1) is 9.36. The van der Waals surface area contributed by atoms with E-state index in [9.17, 15) is 0 Å². The number of methoxy groups -OCH3 is 1. The topological polar surface area (TPSA) is 39.9 Å². The van der Waals surface area contributed by atoms with Crippen molar-refractivity contribution in [3.8, 4) is 16.6 Å². The Morgan fingerprint density at radius 3 is 3.00 bits per heavy atom. The lowest BCUT2D eigenvalue weighted by Crippen LogP contribution is -2.03. The van der Waals surface area contributed by atoms with Crippen LogP contribution in [0.25, 0.3) is 10.7 Å². The lowest BCUT2D eigenvalue weighted by atomic mass is 10.3. The van der Waals surface area contributed by atoms with E-state index in [2.05, 4.69) is 26.0 Å². The highest BCUT2D eigenvalue weighted by Gasteiger charge is 2.08. The smallest absolute Gasteiger partial charge is 0.213 e. The van der Waals surface area contributed by atoms with Crippen LogP contribution in [0.4, 0.5) is 0 Å². The van der Waals surface area contributed by atoms with E-state index in [1.807, 2.05) is 36.7 Å². The maximum atomic E-state index is 5.14. The fourth-order valence-electron chi connectivity index (χ4n) is 1.90. The van der Waals surface area contributed by atoms with Crippen molar-refractivity contribution < 1.29 is 4.74 Å². The number of hydrogen-bond acceptors (Lipinski definition) is 4. The molecule has 96 valence electrons. The Hall–Kier alpha value is -2.14. The number of thiophene rings is 1. The molecule has 5 heteroatoms. The Kier molecular flexibility index (Phi) is 3.29. The summed E-state index contributed by atoms with van der Waals surface area (Å²) >= 11 is 1.68. The van der Waals surface area contributed by atoms with Gasteiger partial charge < -0.3 is 9.30 Å². The molecule has 3 heterocycles. The Balaban J connectivity index is 1.89. The maximum Gasteiger partial charge on any atom is 0.213 e. The highest BCUT2D eigenvalue weighted by atomic mass is 32.1. The molecule has 0 N–H and O–H groups in total. The van der Waals surface area contributed by atoms with Crippen molar-refractivity contribution in [2.24, 2.45) is 0 Å². The summed E-state index contributed by atoms with van der Waals surface area (Å²) in [5.41, 5.74) is 0.954. The summed E-state index contributed by atoms with van der Waals surface area (Å²) in [6.45, 7) is 0.685. The van der Waals surface area contributed by atoms with E-state index in [1.165, 1.54) is 0 Å². The van der Waals surface area contributed by atoms with E-state index < -0.39 is 0 Å². The standard InChI is InChI=1S/C14H13N3OS/c1-18-13-6-2-4-11(16-13)10-17-8-7-15-14(17)12-5-3-9-19-12/h2-9H,10H2,1H3. The summed E-state index contributed by atoms with van der Waals surface area (Å²) in [5.74, 6) is 1.61. The molecule has 0 saturated heterocycles. The number of nitrogens with zero attached hydrogens (tertiary/aromatic N) is 3. The fourth-order valence-corrected chi connectivity index (χ4v) is 2.64. The van der Waals surface area contributed by atoms with Gasteiger partial charge in [-0.2, -0.15) is 0 Å². The van der Waals surface area contributed by atoms with Crippen molar-refractivity contribution in [3.05, 3.63) is 53.8 Å². The quantitative estimate of drug-likeness (QED) is 0.732. The molecule has 0 bridgehead atoms. The molecule has 3 aromatic heterocycles. The highest BCUT2D eigenvalue weighted by molar-refractivity contribution is 7.13. The number of ether oxygens (including phenoxy) is 1. The minimum absolute atomic E-state index is 0.635. The van der Waals surface area contributed by atoms with Gasteiger partial charge in [-0.25, -0.2) is 9.97 Å². The molecule has 3 rings (SSSR count). The minimum Gasteiger partial charge on any atom is -0.481 e. The number of pyridine rings is 1. The van der Waals surface area contributed by atoms with Gasteiger partial charge in [0.2, 0.25) is 5.88 Å². The maximum absolute atomic E-state index is 5.14. The highest BCUT2D eigenvalue weighted by Crippen LogP contribution is 2.23. The van der Waals surface area contributed by atoms with E-state index >= 15 is 0 Å². The molecule has 0 unspecified atom stereocenters. The molecule has 4 nitrogen and oxygen atoms in total. The van der Waals surface area contributed by atoms with E-state index in [1.54, 1.807) is 18.4 Å². The molecule has 0 aromatic carbocycles. The molecule has 0 aliphatic carbocycles. The van der Waals surface area contributed by atoms with E-state index in [-0.39, 0.29) is 0 Å². The van der Waals surface area contributed by atoms with Crippen LogP contribution in [0.2, 0.25) is 0 Å². The number of rotatable bonds is 4. The van der Waals surface area contributed by atoms with Crippen LogP contribution in [0.1, 0.15) is 5.69 Å². The molecular weight excluding hydrogens is 258 g/mol. The SMILES string of the molecule is COc1cccc(Cn2ccnc2-c2cccs2)n1. The second-order valence-corrected chi connectivity index (χ2v) is 4.98. The molecule has 19 heavy (non-hydrogen) atoms. The molecule has 0 fully saturated rings. The first-order valence-electron chi connectivity index (χ1n) is 5.92. The van der Waals surface area contributed by atoms with Crippen molar-refractivity contribution in [2.75, 3.05) is 7.11 Å². The van der Waals surface area contributed by atoms with Crippen molar-refractivity contribution in [3.63, 3.8) is 0 Å². The lowest BCUT2D eigenvalue weighted by molar-refractivity contribution is 0.396. The van der Waals surface area contributed by atoms with Gasteiger partial charge in [0.05, 0.1) is 24.2 Å². The second-order valence-electron chi connectivity index (χ2n) is 4.03. The third kappa shape index (κ3) is 2.51. The van der Waals surface area contributed by atoms with Crippen LogP contribution in [0.5, 0.6) is 5.88 Å². The Labute approximate surface area is 115 Å². The van der Waals surface area contributed by atoms with E-state index in [0.717, 1.165) is 16.4 Å². The van der Waals surface area contributed by atoms with Crippen LogP contribution >= 0.6 is 11.3 Å². The average Bonchev–Trinajstić information content (AvgIpc) is 3.09. The lowest BCUT2D eigenvalue weighted by Gasteiger charge is -2.07. The van der Waals surface area contributed by atoms with Crippen LogP contribution in [-0.4, -0.2) is 21.6 Å². The van der Waals surface area contributed by atoms with Gasteiger partial charge in [0.15, 0.2) is 0 Å². The van der Waals surface area contributed by atoms with Gasteiger partial charge in [-0.3, -0.25) is 0 Å². The Morgan fingerprint density at radius 2 is 2.21 bits per heavy atom. The second kappa shape index (κ2) is 5.24. The summed E-state index contributed by atoms with van der Waals surface area (Å²) in [7, 11) is 1.63. The molecule has 0 amide bonds. The predicted molar refractivity (Wildman–Crippen MR) is 75.4 cm³/mol. The van der Waals surface area contributed by atoms with Crippen molar-refractivity contribution in [1.29, 1.82) is 0 Å². The van der Waals surface area contributed by atoms with Crippen LogP contribution in [0.15, 0.2) is 48.1 Å². The van der Waals surface area contributed by atoms with Gasteiger partial charge in [-0.05, 0) is 17.5 Å². The van der Waals surface area contributed by atoms with Gasteiger partial charge in [0.1, 0.15) is 5.82 Å². The fraction of sp³-hybridized carbons (Fsp3) is 0.143. The molecule has 0 aliphatic heterocycles. The summed E-state index contributed by atoms with van der Waals surface area (Å²) in [5, 5.41) is 2.05. The Bertz CT molecular complexity index is 661. The van der Waals surface area contributed by atoms with Gasteiger partial charge in [0, 0.05) is 18.5 Å². The Morgan fingerprint density at radius 1 is 1.26 bits per heavy atom. The average molecular weight is 271 g/mol. The van der Waals surface area contributed by atoms with Crippen molar-refractivity contribution in [2.45, 2.75) is 6.54 Å². The summed E-state index contributed by atoms with van der Waals surface area (Å²) in [4.78, 5) is 9.99. The summed E-state index contributed by atoms with van der Waals surface area (Å²) < 4.78 is 7.23. The van der Waals surface area contributed by atoms with Gasteiger partial charge >= 0.3 is 0 Å². The number of hydrogen-bond donors (Lipinski definition) is 0. The van der Waals surface area contributed by atoms with Crippen molar-refractivity contribution in [1.82, 2.24) is 14.5 Å². The van der Waals surface area contributed by atoms with Gasteiger partial charge in [0.25, 0.3) is 0 Å². The molecule has 0 atom stereocenters. The normalized spacial score (nSPS) is 10.6. The molecular formula is C14H13N3OS. The van der Waals surface area contributed by atoms with Crippen molar-refractivity contribution >= 4 is 11.3 Å². The molecule has 3 aromatic rings. The zero-order valence-electron chi connectivity index (χ0n) is 10.5. The van der Waals surface area contributed by atoms with Crippen LogP contribution in [0.3, 0.4) is 0 Å². The summed E-state index contributed by atoms with van der Waals surface area (Å²) in [6, 6.07) is 9.88. The van der Waals surface area contributed by atoms with Crippen LogP contribution in [-0.2, 0) is 6.54 Å². The molecule has 0 spiro atoms. The molecule has 0 radical (unpaired) electrons. The third-order valence-electron chi connectivity index (χ3n) is 2.78. The van der Waals surface area contributed by atoms with Crippen LogP contribution < -0.4 is 4.74 Å². The van der Waals surface area contributed by atoms with E-state index in [0.29, 0.717) is 12.4 Å². The van der Waals surface area contributed by atoms with E-state index in [4.69, 9.17) is 4.74 Å². The zero-order chi connectivity index (χ0) is 13.1. The number of imidazole rings is 1. The molecule has 0 saturated carbocycles.